The van der Waals surface area contributed by atoms with Crippen LogP contribution >= 0.6 is 15.9 Å². The molecule has 0 bridgehead atoms. The maximum atomic E-state index is 11.7. The van der Waals surface area contributed by atoms with Gasteiger partial charge >= 0.3 is 0 Å². The quantitative estimate of drug-likeness (QED) is 0.509. The van der Waals surface area contributed by atoms with E-state index in [1.807, 2.05) is 18.2 Å². The van der Waals surface area contributed by atoms with Crippen LogP contribution in [0.4, 0.5) is 5.82 Å². The molecule has 1 aromatic heterocycles. The molecule has 0 amide bonds. The Hall–Kier alpha value is -2.23. The molecular weight excluding hydrogens is 446 g/mol. The average Bonchev–Trinajstić information content (AvgIpc) is 2.66. The van der Waals surface area contributed by atoms with Crippen molar-refractivity contribution in [3.8, 4) is 5.75 Å². The monoisotopic (exact) mass is 465 g/mol. The van der Waals surface area contributed by atoms with Crippen LogP contribution in [-0.2, 0) is 21.2 Å². The number of fused-ring (bicyclic) bond motifs is 1. The highest BCUT2D eigenvalue weighted by Crippen LogP contribution is 2.32. The van der Waals surface area contributed by atoms with Crippen molar-refractivity contribution < 1.29 is 17.9 Å². The summed E-state index contributed by atoms with van der Waals surface area (Å²) in [6.45, 7) is 1.44. The Morgan fingerprint density at radius 3 is 2.75 bits per heavy atom. The van der Waals surface area contributed by atoms with E-state index in [9.17, 15) is 8.42 Å². The van der Waals surface area contributed by atoms with Crippen LogP contribution in [0, 0.1) is 0 Å². The molecule has 3 rings (SSSR count). The lowest BCUT2D eigenvalue weighted by Crippen LogP contribution is -2.09. The van der Waals surface area contributed by atoms with Gasteiger partial charge in [0.2, 0.25) is 0 Å². The average molecular weight is 466 g/mol. The fourth-order valence-electron chi connectivity index (χ4n) is 2.61. The Bertz CT molecular complexity index is 1090. The van der Waals surface area contributed by atoms with Crippen molar-refractivity contribution >= 4 is 42.5 Å². The lowest BCUT2D eigenvalue weighted by atomic mass is 10.2. The molecule has 2 aromatic carbocycles. The molecule has 1 N–H and O–H groups in total. The van der Waals surface area contributed by atoms with E-state index in [4.69, 9.17) is 9.47 Å². The van der Waals surface area contributed by atoms with Gasteiger partial charge in [-0.2, -0.15) is 0 Å². The number of halogens is 1. The van der Waals surface area contributed by atoms with Gasteiger partial charge in [-0.25, -0.2) is 18.4 Å². The second-order valence-corrected chi connectivity index (χ2v) is 9.02. The third-order valence-corrected chi connectivity index (χ3v) is 5.74. The van der Waals surface area contributed by atoms with E-state index in [0.717, 1.165) is 26.8 Å². The van der Waals surface area contributed by atoms with Gasteiger partial charge in [0, 0.05) is 31.4 Å². The largest absolute Gasteiger partial charge is 0.488 e. The first-order chi connectivity index (χ1) is 13.4. The molecule has 1 heterocycles. The molecule has 28 heavy (non-hydrogen) atoms. The molecule has 0 fully saturated rings. The van der Waals surface area contributed by atoms with E-state index in [1.54, 1.807) is 25.3 Å². The molecule has 9 heteroatoms. The van der Waals surface area contributed by atoms with Crippen molar-refractivity contribution in [2.75, 3.05) is 31.8 Å². The molecule has 0 saturated heterocycles. The second-order valence-electron chi connectivity index (χ2n) is 6.15. The highest BCUT2D eigenvalue weighted by Gasteiger charge is 2.11. The van der Waals surface area contributed by atoms with Crippen LogP contribution in [0.25, 0.3) is 10.9 Å². The molecule has 0 saturated carbocycles. The zero-order valence-corrected chi connectivity index (χ0v) is 17.9. The molecule has 0 aliphatic rings. The Morgan fingerprint density at radius 2 is 2.00 bits per heavy atom. The van der Waals surface area contributed by atoms with Gasteiger partial charge < -0.3 is 14.8 Å². The zero-order chi connectivity index (χ0) is 20.1. The Morgan fingerprint density at radius 1 is 1.18 bits per heavy atom. The second kappa shape index (κ2) is 8.85. The van der Waals surface area contributed by atoms with Crippen molar-refractivity contribution in [1.82, 2.24) is 9.97 Å². The number of hydrogen-bond donors (Lipinski definition) is 1. The molecule has 148 valence electrons. The van der Waals surface area contributed by atoms with E-state index in [1.165, 1.54) is 12.6 Å². The van der Waals surface area contributed by atoms with E-state index in [0.29, 0.717) is 18.9 Å². The summed E-state index contributed by atoms with van der Waals surface area (Å²) in [6.07, 6.45) is 2.68. The van der Waals surface area contributed by atoms with Gasteiger partial charge in [0.25, 0.3) is 0 Å². The highest BCUT2D eigenvalue weighted by atomic mass is 79.9. The fraction of sp³-hybridized carbons (Fsp3) is 0.263. The van der Waals surface area contributed by atoms with Crippen LogP contribution in [0.3, 0.4) is 0 Å². The number of aromatic nitrogens is 2. The predicted molar refractivity (Wildman–Crippen MR) is 111 cm³/mol. The SMILES string of the molecule is COCCNc1ncnc2cc(OCc3cccc(S(C)(=O)=O)c3)c(Br)cc12. The van der Waals surface area contributed by atoms with Crippen molar-refractivity contribution in [2.24, 2.45) is 0 Å². The summed E-state index contributed by atoms with van der Waals surface area (Å²) >= 11 is 3.52. The first-order valence-electron chi connectivity index (χ1n) is 8.47. The number of anilines is 1. The van der Waals surface area contributed by atoms with Gasteiger partial charge in [0.05, 0.1) is 21.5 Å². The first kappa shape index (κ1) is 20.5. The summed E-state index contributed by atoms with van der Waals surface area (Å²) in [5.74, 6) is 1.33. The van der Waals surface area contributed by atoms with Crippen LogP contribution in [0.15, 0.2) is 52.1 Å². The lowest BCUT2D eigenvalue weighted by Gasteiger charge is -2.12. The number of benzene rings is 2. The third kappa shape index (κ3) is 4.98. The molecule has 0 aliphatic carbocycles. The van der Waals surface area contributed by atoms with E-state index in [-0.39, 0.29) is 11.5 Å². The van der Waals surface area contributed by atoms with Crippen molar-refractivity contribution in [3.63, 3.8) is 0 Å². The van der Waals surface area contributed by atoms with Crippen LogP contribution in [0.1, 0.15) is 5.56 Å². The normalized spacial score (nSPS) is 11.5. The molecule has 0 spiro atoms. The Kier molecular flexibility index (Phi) is 6.48. The van der Waals surface area contributed by atoms with Gasteiger partial charge in [-0.05, 0) is 39.7 Å². The number of sulfone groups is 1. The standard InChI is InChI=1S/C19H20BrN3O4S/c1-26-7-6-21-19-15-9-16(20)18(10-17(15)22-12-23-19)27-11-13-4-3-5-14(8-13)28(2,24)25/h3-5,8-10,12H,6-7,11H2,1-2H3,(H,21,22,23). The Balaban J connectivity index is 1.81. The van der Waals surface area contributed by atoms with Gasteiger partial charge in [0.15, 0.2) is 9.84 Å². The smallest absolute Gasteiger partial charge is 0.175 e. The fourth-order valence-corrected chi connectivity index (χ4v) is 3.76. The van der Waals surface area contributed by atoms with Gasteiger partial charge in [-0.15, -0.1) is 0 Å². The first-order valence-corrected chi connectivity index (χ1v) is 11.2. The van der Waals surface area contributed by atoms with Crippen LogP contribution in [-0.4, -0.2) is 44.9 Å². The lowest BCUT2D eigenvalue weighted by molar-refractivity contribution is 0.210. The van der Waals surface area contributed by atoms with Crippen LogP contribution < -0.4 is 10.1 Å². The number of nitrogens with zero attached hydrogens (tertiary/aromatic N) is 2. The van der Waals surface area contributed by atoms with Crippen LogP contribution in [0.5, 0.6) is 5.75 Å². The maximum Gasteiger partial charge on any atom is 0.175 e. The predicted octanol–water partition coefficient (Wildman–Crippen LogP) is 3.43. The number of methoxy groups -OCH3 is 1. The molecule has 0 radical (unpaired) electrons. The number of ether oxygens (including phenoxy) is 2. The molecule has 0 unspecified atom stereocenters. The zero-order valence-electron chi connectivity index (χ0n) is 15.5. The summed E-state index contributed by atoms with van der Waals surface area (Å²) in [5.41, 5.74) is 1.50. The minimum atomic E-state index is -3.26. The molecule has 7 nitrogen and oxygen atoms in total. The molecular formula is C19H20BrN3O4S. The van der Waals surface area contributed by atoms with Crippen molar-refractivity contribution in [3.05, 3.63) is 52.8 Å². The van der Waals surface area contributed by atoms with E-state index >= 15 is 0 Å². The summed E-state index contributed by atoms with van der Waals surface area (Å²) in [7, 11) is -1.61. The minimum absolute atomic E-state index is 0.234. The van der Waals surface area contributed by atoms with E-state index < -0.39 is 9.84 Å². The maximum absolute atomic E-state index is 11.7. The number of rotatable bonds is 8. The molecule has 0 atom stereocenters. The highest BCUT2D eigenvalue weighted by molar-refractivity contribution is 9.10. The molecule has 3 aromatic rings. The summed E-state index contributed by atoms with van der Waals surface area (Å²) in [5, 5.41) is 4.08. The number of nitrogens with one attached hydrogen (secondary N) is 1. The summed E-state index contributed by atoms with van der Waals surface area (Å²) < 4.78 is 35.1. The van der Waals surface area contributed by atoms with Gasteiger partial charge in [-0.1, -0.05) is 12.1 Å². The minimum Gasteiger partial charge on any atom is -0.488 e. The van der Waals surface area contributed by atoms with Crippen LogP contribution in [0.2, 0.25) is 0 Å². The van der Waals surface area contributed by atoms with Gasteiger partial charge in [0.1, 0.15) is 24.5 Å². The summed E-state index contributed by atoms with van der Waals surface area (Å²) in [4.78, 5) is 8.86. The topological polar surface area (TPSA) is 90.4 Å². The van der Waals surface area contributed by atoms with E-state index in [2.05, 4.69) is 31.2 Å². The Labute approximate surface area is 172 Å². The third-order valence-electron chi connectivity index (χ3n) is 4.01. The number of hydrogen-bond acceptors (Lipinski definition) is 7. The van der Waals surface area contributed by atoms with Crippen molar-refractivity contribution in [1.29, 1.82) is 0 Å². The van der Waals surface area contributed by atoms with Crippen molar-refractivity contribution in [2.45, 2.75) is 11.5 Å². The van der Waals surface area contributed by atoms with Gasteiger partial charge in [-0.3, -0.25) is 0 Å². The summed E-state index contributed by atoms with van der Waals surface area (Å²) in [6, 6.07) is 10.4. The molecule has 0 aliphatic heterocycles.